The predicted molar refractivity (Wildman–Crippen MR) is 83.4 cm³/mol. The van der Waals surface area contributed by atoms with E-state index in [1.165, 1.54) is 0 Å². The van der Waals surface area contributed by atoms with Crippen LogP contribution in [0.25, 0.3) is 0 Å². The average Bonchev–Trinajstić information content (AvgIpc) is 2.41. The van der Waals surface area contributed by atoms with Crippen molar-refractivity contribution in [2.75, 3.05) is 15.8 Å². The standard InChI is InChI=1S/C14H23N3O2S/c1-2-20(18,19)17-13-8-6-12(7-9-13)16-14-5-3-4-11(15)10-14/h6-9,11,14,16-17H,2-5,10,15H2,1H3. The van der Waals surface area contributed by atoms with Crippen LogP contribution in [0.1, 0.15) is 32.6 Å². The van der Waals surface area contributed by atoms with E-state index in [4.69, 9.17) is 5.73 Å². The van der Waals surface area contributed by atoms with Crippen LogP contribution in [0.15, 0.2) is 24.3 Å². The highest BCUT2D eigenvalue weighted by Gasteiger charge is 2.18. The summed E-state index contributed by atoms with van der Waals surface area (Å²) in [5.74, 6) is 0.0764. The molecule has 1 aromatic rings. The number of benzene rings is 1. The van der Waals surface area contributed by atoms with Gasteiger partial charge >= 0.3 is 0 Å². The first-order valence-electron chi connectivity index (χ1n) is 7.11. The van der Waals surface area contributed by atoms with Crippen LogP contribution in [0.4, 0.5) is 11.4 Å². The van der Waals surface area contributed by atoms with Crippen molar-refractivity contribution in [1.29, 1.82) is 0 Å². The number of sulfonamides is 1. The van der Waals surface area contributed by atoms with Crippen molar-refractivity contribution in [3.05, 3.63) is 24.3 Å². The third-order valence-electron chi connectivity index (χ3n) is 3.62. The van der Waals surface area contributed by atoms with Crippen LogP contribution in [-0.2, 0) is 10.0 Å². The van der Waals surface area contributed by atoms with Crippen molar-refractivity contribution >= 4 is 21.4 Å². The number of hydrogen-bond donors (Lipinski definition) is 3. The normalized spacial score (nSPS) is 23.3. The van der Waals surface area contributed by atoms with Gasteiger partial charge < -0.3 is 11.1 Å². The van der Waals surface area contributed by atoms with Gasteiger partial charge in [0.05, 0.1) is 5.75 Å². The number of nitrogens with two attached hydrogens (primary N) is 1. The molecule has 0 radical (unpaired) electrons. The molecule has 5 nitrogen and oxygen atoms in total. The van der Waals surface area contributed by atoms with Gasteiger partial charge in [0.1, 0.15) is 0 Å². The summed E-state index contributed by atoms with van der Waals surface area (Å²) in [7, 11) is -3.21. The molecule has 0 amide bonds. The van der Waals surface area contributed by atoms with Crippen LogP contribution in [-0.4, -0.2) is 26.3 Å². The topological polar surface area (TPSA) is 84.2 Å². The molecule has 0 heterocycles. The SMILES string of the molecule is CCS(=O)(=O)Nc1ccc(NC2CCCC(N)C2)cc1. The fourth-order valence-corrected chi connectivity index (χ4v) is 3.12. The van der Waals surface area contributed by atoms with Crippen molar-refractivity contribution in [1.82, 2.24) is 0 Å². The molecule has 2 rings (SSSR count). The zero-order valence-corrected chi connectivity index (χ0v) is 12.6. The maximum atomic E-state index is 11.5. The van der Waals surface area contributed by atoms with Crippen LogP contribution in [0.5, 0.6) is 0 Å². The Hall–Kier alpha value is -1.27. The fourth-order valence-electron chi connectivity index (χ4n) is 2.48. The fraction of sp³-hybridized carbons (Fsp3) is 0.571. The number of nitrogens with one attached hydrogen (secondary N) is 2. The Morgan fingerprint density at radius 1 is 1.20 bits per heavy atom. The van der Waals surface area contributed by atoms with E-state index >= 15 is 0 Å². The minimum Gasteiger partial charge on any atom is -0.382 e. The number of rotatable bonds is 5. The number of hydrogen-bond acceptors (Lipinski definition) is 4. The van der Waals surface area contributed by atoms with Gasteiger partial charge in [-0.2, -0.15) is 0 Å². The summed E-state index contributed by atoms with van der Waals surface area (Å²) in [6.07, 6.45) is 4.39. The Morgan fingerprint density at radius 2 is 1.85 bits per heavy atom. The molecule has 1 aliphatic rings. The van der Waals surface area contributed by atoms with E-state index in [-0.39, 0.29) is 11.8 Å². The molecule has 0 bridgehead atoms. The van der Waals surface area contributed by atoms with Gasteiger partial charge in [0.25, 0.3) is 0 Å². The van der Waals surface area contributed by atoms with Crippen LogP contribution in [0.3, 0.4) is 0 Å². The second-order valence-corrected chi connectivity index (χ2v) is 7.36. The highest BCUT2D eigenvalue weighted by atomic mass is 32.2. The van der Waals surface area contributed by atoms with Gasteiger partial charge in [0, 0.05) is 23.5 Å². The highest BCUT2D eigenvalue weighted by molar-refractivity contribution is 7.92. The average molecular weight is 297 g/mol. The number of anilines is 2. The van der Waals surface area contributed by atoms with E-state index < -0.39 is 10.0 Å². The first-order valence-corrected chi connectivity index (χ1v) is 8.76. The van der Waals surface area contributed by atoms with Crippen LogP contribution in [0.2, 0.25) is 0 Å². The molecule has 0 spiro atoms. The summed E-state index contributed by atoms with van der Waals surface area (Å²) in [6.45, 7) is 1.62. The van der Waals surface area contributed by atoms with E-state index in [2.05, 4.69) is 10.0 Å². The van der Waals surface area contributed by atoms with Crippen LogP contribution >= 0.6 is 0 Å². The summed E-state index contributed by atoms with van der Waals surface area (Å²) >= 11 is 0. The van der Waals surface area contributed by atoms with Gasteiger partial charge in [-0.3, -0.25) is 4.72 Å². The van der Waals surface area contributed by atoms with Gasteiger partial charge in [0.15, 0.2) is 0 Å². The Labute approximate surface area is 121 Å². The largest absolute Gasteiger partial charge is 0.382 e. The van der Waals surface area contributed by atoms with Crippen molar-refractivity contribution in [2.24, 2.45) is 5.73 Å². The van der Waals surface area contributed by atoms with Crippen molar-refractivity contribution < 1.29 is 8.42 Å². The Balaban J connectivity index is 1.94. The van der Waals surface area contributed by atoms with Gasteiger partial charge in [-0.1, -0.05) is 0 Å². The Kier molecular flexibility index (Phi) is 4.88. The highest BCUT2D eigenvalue weighted by Crippen LogP contribution is 2.22. The maximum Gasteiger partial charge on any atom is 0.232 e. The minimum absolute atomic E-state index is 0.0764. The lowest BCUT2D eigenvalue weighted by Crippen LogP contribution is -2.34. The Bertz CT molecular complexity index is 528. The molecule has 2 atom stereocenters. The summed E-state index contributed by atoms with van der Waals surface area (Å²) in [6, 6.07) is 8.05. The molecule has 112 valence electrons. The lowest BCUT2D eigenvalue weighted by Gasteiger charge is -2.28. The van der Waals surface area contributed by atoms with Crippen LogP contribution < -0.4 is 15.8 Å². The summed E-state index contributed by atoms with van der Waals surface area (Å²) in [4.78, 5) is 0. The molecule has 4 N–H and O–H groups in total. The summed E-state index contributed by atoms with van der Waals surface area (Å²) in [5.41, 5.74) is 7.57. The monoisotopic (exact) mass is 297 g/mol. The third kappa shape index (κ3) is 4.38. The second kappa shape index (κ2) is 6.45. The molecule has 1 saturated carbocycles. The van der Waals surface area contributed by atoms with Crippen LogP contribution in [0, 0.1) is 0 Å². The van der Waals surface area contributed by atoms with Gasteiger partial charge in [-0.25, -0.2) is 8.42 Å². The molecule has 20 heavy (non-hydrogen) atoms. The van der Waals surface area contributed by atoms with Crippen molar-refractivity contribution in [2.45, 2.75) is 44.7 Å². The Morgan fingerprint density at radius 3 is 2.45 bits per heavy atom. The zero-order valence-electron chi connectivity index (χ0n) is 11.8. The summed E-state index contributed by atoms with van der Waals surface area (Å²) in [5, 5.41) is 3.46. The first kappa shape index (κ1) is 15.1. The lowest BCUT2D eigenvalue weighted by atomic mass is 9.91. The predicted octanol–water partition coefficient (Wildman–Crippen LogP) is 2.13. The minimum atomic E-state index is -3.21. The molecule has 0 aliphatic heterocycles. The molecule has 0 aromatic heterocycles. The maximum absolute atomic E-state index is 11.5. The van der Waals surface area contributed by atoms with E-state index in [1.54, 1.807) is 19.1 Å². The van der Waals surface area contributed by atoms with E-state index in [9.17, 15) is 8.42 Å². The van der Waals surface area contributed by atoms with Gasteiger partial charge in [-0.05, 0) is 56.9 Å². The third-order valence-corrected chi connectivity index (χ3v) is 4.93. The smallest absolute Gasteiger partial charge is 0.232 e. The quantitative estimate of drug-likeness (QED) is 0.777. The van der Waals surface area contributed by atoms with E-state index in [0.717, 1.165) is 31.4 Å². The van der Waals surface area contributed by atoms with E-state index in [1.807, 2.05) is 12.1 Å². The van der Waals surface area contributed by atoms with E-state index in [0.29, 0.717) is 11.7 Å². The molecule has 0 saturated heterocycles. The molecular weight excluding hydrogens is 274 g/mol. The lowest BCUT2D eigenvalue weighted by molar-refractivity contribution is 0.409. The molecule has 1 aromatic carbocycles. The van der Waals surface area contributed by atoms with Gasteiger partial charge in [0.2, 0.25) is 10.0 Å². The van der Waals surface area contributed by atoms with Crippen molar-refractivity contribution in [3.8, 4) is 0 Å². The van der Waals surface area contributed by atoms with Crippen molar-refractivity contribution in [3.63, 3.8) is 0 Å². The zero-order chi connectivity index (χ0) is 14.6. The molecule has 2 unspecified atom stereocenters. The molecule has 6 heteroatoms. The second-order valence-electron chi connectivity index (χ2n) is 5.35. The molecule has 1 fully saturated rings. The molecular formula is C14H23N3O2S. The summed E-state index contributed by atoms with van der Waals surface area (Å²) < 4.78 is 25.5. The van der Waals surface area contributed by atoms with Gasteiger partial charge in [-0.15, -0.1) is 0 Å². The molecule has 1 aliphatic carbocycles. The first-order chi connectivity index (χ1) is 9.48.